The Kier molecular flexibility index (Phi) is 5.83. The average molecular weight is 289 g/mol. The zero-order chi connectivity index (χ0) is 14.2. The summed E-state index contributed by atoms with van der Waals surface area (Å²) in [6.07, 6.45) is 3.58. The summed E-state index contributed by atoms with van der Waals surface area (Å²) in [5.74, 6) is 0.759. The topological polar surface area (TPSA) is 58.0 Å². The van der Waals surface area contributed by atoms with E-state index < -0.39 is 0 Å². The van der Waals surface area contributed by atoms with E-state index in [2.05, 4.69) is 27.6 Å². The van der Waals surface area contributed by atoms with Gasteiger partial charge in [0.1, 0.15) is 10.8 Å². The summed E-state index contributed by atoms with van der Waals surface area (Å²) in [5, 5.41) is 21.6. The van der Waals surface area contributed by atoms with Crippen LogP contribution >= 0.6 is 11.8 Å². The Bertz CT molecular complexity index is 504. The van der Waals surface area contributed by atoms with Crippen LogP contribution in [0.2, 0.25) is 0 Å². The summed E-state index contributed by atoms with van der Waals surface area (Å²) < 4.78 is 0. The van der Waals surface area contributed by atoms with E-state index in [0.29, 0.717) is 0 Å². The van der Waals surface area contributed by atoms with Gasteiger partial charge in [0.25, 0.3) is 0 Å². The van der Waals surface area contributed by atoms with Crippen LogP contribution in [0.1, 0.15) is 24.4 Å². The van der Waals surface area contributed by atoms with E-state index in [9.17, 15) is 0 Å². The number of nitrogens with one attached hydrogen (secondary N) is 1. The van der Waals surface area contributed by atoms with Crippen molar-refractivity contribution in [3.63, 3.8) is 0 Å². The number of hydrogen-bond donors (Lipinski definition) is 2. The fourth-order valence-corrected chi connectivity index (χ4v) is 2.31. The molecule has 0 amide bonds. The molecule has 0 bridgehead atoms. The molecule has 0 saturated heterocycles. The minimum Gasteiger partial charge on any atom is -0.396 e. The largest absolute Gasteiger partial charge is 0.396 e. The Morgan fingerprint density at radius 2 is 1.95 bits per heavy atom. The third kappa shape index (κ3) is 4.21. The lowest BCUT2D eigenvalue weighted by Crippen LogP contribution is -2.12. The van der Waals surface area contributed by atoms with E-state index in [-0.39, 0.29) is 12.6 Å². The van der Waals surface area contributed by atoms with Crippen molar-refractivity contribution in [3.05, 3.63) is 48.0 Å². The Balaban J connectivity index is 2.10. The fraction of sp³-hybridized carbons (Fsp3) is 0.333. The molecular weight excluding hydrogens is 270 g/mol. The molecule has 4 nitrogen and oxygen atoms in total. The molecule has 2 aromatic rings. The molecule has 1 heterocycles. The van der Waals surface area contributed by atoms with Gasteiger partial charge in [-0.2, -0.15) is 0 Å². The fourth-order valence-electron chi connectivity index (χ4n) is 1.99. The Morgan fingerprint density at radius 3 is 2.55 bits per heavy atom. The summed E-state index contributed by atoms with van der Waals surface area (Å²) >= 11 is 1.57. The zero-order valence-corrected chi connectivity index (χ0v) is 12.3. The van der Waals surface area contributed by atoms with Crippen LogP contribution in [0, 0.1) is 0 Å². The highest BCUT2D eigenvalue weighted by atomic mass is 32.2. The molecule has 0 fully saturated rings. The molecule has 20 heavy (non-hydrogen) atoms. The SMILES string of the molecule is CSc1ccc(NC(CCCO)c2ccccc2)nn1. The normalized spacial score (nSPS) is 12.1. The zero-order valence-electron chi connectivity index (χ0n) is 11.5. The molecule has 1 unspecified atom stereocenters. The summed E-state index contributed by atoms with van der Waals surface area (Å²) in [6, 6.07) is 14.2. The van der Waals surface area contributed by atoms with E-state index in [1.54, 1.807) is 11.8 Å². The molecule has 1 atom stereocenters. The second kappa shape index (κ2) is 7.87. The Hall–Kier alpha value is -1.59. The predicted octanol–water partition coefficient (Wildman–Crippen LogP) is 3.12. The molecule has 5 heteroatoms. The van der Waals surface area contributed by atoms with E-state index >= 15 is 0 Å². The Morgan fingerprint density at radius 1 is 1.15 bits per heavy atom. The van der Waals surface area contributed by atoms with Crippen LogP contribution < -0.4 is 5.32 Å². The van der Waals surface area contributed by atoms with Gasteiger partial charge in [-0.1, -0.05) is 30.3 Å². The van der Waals surface area contributed by atoms with Crippen LogP contribution in [-0.2, 0) is 0 Å². The van der Waals surface area contributed by atoms with Crippen molar-refractivity contribution < 1.29 is 5.11 Å². The van der Waals surface area contributed by atoms with Gasteiger partial charge < -0.3 is 10.4 Å². The molecule has 1 aromatic heterocycles. The number of aromatic nitrogens is 2. The lowest BCUT2D eigenvalue weighted by Gasteiger charge is -2.19. The quantitative estimate of drug-likeness (QED) is 0.767. The van der Waals surface area contributed by atoms with Gasteiger partial charge in [0.05, 0.1) is 6.04 Å². The first-order valence-electron chi connectivity index (χ1n) is 6.63. The van der Waals surface area contributed by atoms with Crippen LogP contribution in [0.4, 0.5) is 5.82 Å². The van der Waals surface area contributed by atoms with Crippen molar-refractivity contribution in [3.8, 4) is 0 Å². The number of benzene rings is 1. The summed E-state index contributed by atoms with van der Waals surface area (Å²) in [6.45, 7) is 0.197. The van der Waals surface area contributed by atoms with Crippen LogP contribution in [0.25, 0.3) is 0 Å². The molecule has 106 valence electrons. The van der Waals surface area contributed by atoms with Crippen LogP contribution in [-0.4, -0.2) is 28.2 Å². The van der Waals surface area contributed by atoms with Gasteiger partial charge in [-0.05, 0) is 36.8 Å². The molecule has 0 aliphatic carbocycles. The predicted molar refractivity (Wildman–Crippen MR) is 82.9 cm³/mol. The number of aliphatic hydroxyl groups is 1. The van der Waals surface area contributed by atoms with Crippen LogP contribution in [0.5, 0.6) is 0 Å². The molecule has 0 aliphatic heterocycles. The van der Waals surface area contributed by atoms with Gasteiger partial charge in [0, 0.05) is 6.61 Å². The van der Waals surface area contributed by atoms with Crippen LogP contribution in [0.3, 0.4) is 0 Å². The number of thioether (sulfide) groups is 1. The van der Waals surface area contributed by atoms with Gasteiger partial charge in [-0.3, -0.25) is 0 Å². The average Bonchev–Trinajstić information content (AvgIpc) is 2.53. The van der Waals surface area contributed by atoms with Crippen LogP contribution in [0.15, 0.2) is 47.5 Å². The molecule has 2 rings (SSSR count). The van der Waals surface area contributed by atoms with Gasteiger partial charge in [-0.25, -0.2) is 0 Å². The van der Waals surface area contributed by atoms with Crippen molar-refractivity contribution in [1.29, 1.82) is 0 Å². The molecule has 0 aliphatic rings. The van der Waals surface area contributed by atoms with Crippen molar-refractivity contribution in [2.75, 3.05) is 18.2 Å². The first-order chi connectivity index (χ1) is 9.83. The van der Waals surface area contributed by atoms with E-state index in [1.165, 1.54) is 5.56 Å². The Labute approximate surface area is 123 Å². The van der Waals surface area contributed by atoms with Crippen molar-refractivity contribution >= 4 is 17.6 Å². The van der Waals surface area contributed by atoms with E-state index in [4.69, 9.17) is 5.11 Å². The highest BCUT2D eigenvalue weighted by molar-refractivity contribution is 7.98. The minimum absolute atomic E-state index is 0.137. The highest BCUT2D eigenvalue weighted by Crippen LogP contribution is 2.23. The summed E-state index contributed by atoms with van der Waals surface area (Å²) in [4.78, 5) is 0. The molecule has 0 radical (unpaired) electrons. The van der Waals surface area contributed by atoms with E-state index in [1.807, 2.05) is 36.6 Å². The highest BCUT2D eigenvalue weighted by Gasteiger charge is 2.11. The molecule has 2 N–H and O–H groups in total. The molecule has 1 aromatic carbocycles. The van der Waals surface area contributed by atoms with Gasteiger partial charge in [0.15, 0.2) is 0 Å². The molecule has 0 saturated carbocycles. The number of anilines is 1. The van der Waals surface area contributed by atoms with Gasteiger partial charge in [0.2, 0.25) is 0 Å². The number of hydrogen-bond acceptors (Lipinski definition) is 5. The number of rotatable bonds is 7. The lowest BCUT2D eigenvalue weighted by molar-refractivity contribution is 0.281. The lowest BCUT2D eigenvalue weighted by atomic mass is 10.0. The summed E-state index contributed by atoms with van der Waals surface area (Å²) in [5.41, 5.74) is 1.19. The second-order valence-corrected chi connectivity index (χ2v) is 5.26. The molecule has 0 spiro atoms. The second-order valence-electron chi connectivity index (χ2n) is 4.43. The number of aliphatic hydroxyl groups excluding tert-OH is 1. The standard InChI is InChI=1S/C15H19N3OS/c1-20-15-10-9-14(17-18-15)16-13(8-5-11-19)12-6-3-2-4-7-12/h2-4,6-7,9-10,13,19H,5,8,11H2,1H3,(H,16,17). The van der Waals surface area contributed by atoms with Gasteiger partial charge >= 0.3 is 0 Å². The first-order valence-corrected chi connectivity index (χ1v) is 7.86. The third-order valence-electron chi connectivity index (χ3n) is 3.02. The maximum Gasteiger partial charge on any atom is 0.149 e. The monoisotopic (exact) mass is 289 g/mol. The molecular formula is C15H19N3OS. The third-order valence-corrected chi connectivity index (χ3v) is 3.66. The minimum atomic E-state index is 0.137. The van der Waals surface area contributed by atoms with E-state index in [0.717, 1.165) is 23.7 Å². The van der Waals surface area contributed by atoms with Crippen molar-refractivity contribution in [2.45, 2.75) is 23.9 Å². The maximum absolute atomic E-state index is 9.04. The van der Waals surface area contributed by atoms with Gasteiger partial charge in [-0.15, -0.1) is 22.0 Å². The summed E-state index contributed by atoms with van der Waals surface area (Å²) in [7, 11) is 0. The maximum atomic E-state index is 9.04. The van der Waals surface area contributed by atoms with Crippen molar-refractivity contribution in [1.82, 2.24) is 10.2 Å². The number of nitrogens with zero attached hydrogens (tertiary/aromatic N) is 2. The van der Waals surface area contributed by atoms with Crippen molar-refractivity contribution in [2.24, 2.45) is 0 Å². The first kappa shape index (κ1) is 14.8. The smallest absolute Gasteiger partial charge is 0.149 e.